The fourth-order valence-corrected chi connectivity index (χ4v) is 2.36. The van der Waals surface area contributed by atoms with Crippen molar-refractivity contribution in [2.45, 2.75) is 6.42 Å². The van der Waals surface area contributed by atoms with E-state index in [0.29, 0.717) is 10.8 Å². The smallest absolute Gasteiger partial charge is 0.140 e. The zero-order valence-electron chi connectivity index (χ0n) is 8.30. The van der Waals surface area contributed by atoms with Gasteiger partial charge in [-0.2, -0.15) is 0 Å². The zero-order chi connectivity index (χ0) is 11.3. The maximum Gasteiger partial charge on any atom is 0.140 e. The highest BCUT2D eigenvalue weighted by atomic mass is 79.9. The number of hydrogen-bond acceptors (Lipinski definition) is 3. The van der Waals surface area contributed by atoms with Crippen molar-refractivity contribution in [3.8, 4) is 0 Å². The van der Waals surface area contributed by atoms with Crippen LogP contribution in [0, 0.1) is 0 Å². The SMILES string of the molecule is CS(=O)CCCNc1ncc(Cl)cc1Br. The summed E-state index contributed by atoms with van der Waals surface area (Å²) in [6.07, 6.45) is 4.16. The molecule has 0 amide bonds. The summed E-state index contributed by atoms with van der Waals surface area (Å²) < 4.78 is 11.6. The van der Waals surface area contributed by atoms with E-state index in [0.717, 1.165) is 23.3 Å². The van der Waals surface area contributed by atoms with Crippen LogP contribution in [0.5, 0.6) is 0 Å². The molecule has 1 unspecified atom stereocenters. The number of nitrogens with zero attached hydrogens (tertiary/aromatic N) is 1. The van der Waals surface area contributed by atoms with Crippen molar-refractivity contribution < 1.29 is 4.21 Å². The van der Waals surface area contributed by atoms with Crippen molar-refractivity contribution in [2.75, 3.05) is 23.9 Å². The van der Waals surface area contributed by atoms with Gasteiger partial charge in [0.2, 0.25) is 0 Å². The molecule has 15 heavy (non-hydrogen) atoms. The van der Waals surface area contributed by atoms with Gasteiger partial charge in [-0.15, -0.1) is 0 Å². The number of hydrogen-bond donors (Lipinski definition) is 1. The molecule has 1 aromatic heterocycles. The van der Waals surface area contributed by atoms with E-state index in [2.05, 4.69) is 26.2 Å². The average Bonchev–Trinajstić information content (AvgIpc) is 2.14. The van der Waals surface area contributed by atoms with Crippen molar-refractivity contribution in [3.05, 3.63) is 21.8 Å². The molecule has 0 aliphatic heterocycles. The van der Waals surface area contributed by atoms with Gasteiger partial charge in [0, 0.05) is 35.5 Å². The van der Waals surface area contributed by atoms with Crippen LogP contribution in [-0.2, 0) is 10.8 Å². The summed E-state index contributed by atoms with van der Waals surface area (Å²) in [5, 5.41) is 3.74. The molecular formula is C9H12BrClN2OS. The van der Waals surface area contributed by atoms with E-state index in [-0.39, 0.29) is 0 Å². The number of anilines is 1. The van der Waals surface area contributed by atoms with Crippen LogP contribution in [0.3, 0.4) is 0 Å². The van der Waals surface area contributed by atoms with Gasteiger partial charge in [0.1, 0.15) is 5.82 Å². The molecule has 0 saturated heterocycles. The number of aromatic nitrogens is 1. The van der Waals surface area contributed by atoms with Gasteiger partial charge in [0.15, 0.2) is 0 Å². The van der Waals surface area contributed by atoms with Gasteiger partial charge in [-0.1, -0.05) is 11.6 Å². The van der Waals surface area contributed by atoms with Gasteiger partial charge in [-0.3, -0.25) is 4.21 Å². The second kappa shape index (κ2) is 6.45. The molecule has 1 atom stereocenters. The maximum atomic E-state index is 10.8. The van der Waals surface area contributed by atoms with Gasteiger partial charge in [-0.05, 0) is 28.4 Å². The normalized spacial score (nSPS) is 12.5. The van der Waals surface area contributed by atoms with Crippen molar-refractivity contribution in [3.63, 3.8) is 0 Å². The summed E-state index contributed by atoms with van der Waals surface area (Å²) in [7, 11) is -0.726. The molecule has 1 aromatic rings. The zero-order valence-corrected chi connectivity index (χ0v) is 11.5. The van der Waals surface area contributed by atoms with Crippen LogP contribution in [-0.4, -0.2) is 27.7 Å². The second-order valence-electron chi connectivity index (χ2n) is 3.04. The van der Waals surface area contributed by atoms with Crippen LogP contribution < -0.4 is 5.32 Å². The van der Waals surface area contributed by atoms with E-state index in [9.17, 15) is 4.21 Å². The largest absolute Gasteiger partial charge is 0.369 e. The quantitative estimate of drug-likeness (QED) is 0.850. The minimum Gasteiger partial charge on any atom is -0.369 e. The second-order valence-corrected chi connectivity index (χ2v) is 5.89. The fourth-order valence-electron chi connectivity index (χ4n) is 1.03. The highest BCUT2D eigenvalue weighted by Gasteiger charge is 2.01. The first-order valence-electron chi connectivity index (χ1n) is 4.44. The van der Waals surface area contributed by atoms with Crippen molar-refractivity contribution in [2.24, 2.45) is 0 Å². The van der Waals surface area contributed by atoms with Crippen molar-refractivity contribution >= 4 is 44.1 Å². The van der Waals surface area contributed by atoms with E-state index in [1.807, 2.05) is 0 Å². The summed E-state index contributed by atoms with van der Waals surface area (Å²) in [6, 6.07) is 1.79. The predicted molar refractivity (Wildman–Crippen MR) is 69.0 cm³/mol. The third kappa shape index (κ3) is 4.95. The minimum absolute atomic E-state index is 0.599. The molecule has 1 N–H and O–H groups in total. The number of pyridine rings is 1. The Morgan fingerprint density at radius 3 is 3.00 bits per heavy atom. The molecule has 0 aliphatic carbocycles. The Hall–Kier alpha value is -0.130. The maximum absolute atomic E-state index is 10.8. The third-order valence-corrected chi connectivity index (χ3v) is 3.38. The molecule has 6 heteroatoms. The summed E-state index contributed by atoms with van der Waals surface area (Å²) >= 11 is 9.12. The van der Waals surface area contributed by atoms with Crippen molar-refractivity contribution in [1.82, 2.24) is 4.98 Å². The number of halogens is 2. The molecule has 0 bridgehead atoms. The topological polar surface area (TPSA) is 42.0 Å². The summed E-state index contributed by atoms with van der Waals surface area (Å²) in [4.78, 5) is 4.13. The Kier molecular flexibility index (Phi) is 5.56. The minimum atomic E-state index is -0.726. The van der Waals surface area contributed by atoms with E-state index < -0.39 is 10.8 Å². The molecule has 84 valence electrons. The van der Waals surface area contributed by atoms with E-state index in [4.69, 9.17) is 11.6 Å². The van der Waals surface area contributed by atoms with Crippen LogP contribution in [0.25, 0.3) is 0 Å². The average molecular weight is 312 g/mol. The van der Waals surface area contributed by atoms with Crippen molar-refractivity contribution in [1.29, 1.82) is 0 Å². The van der Waals surface area contributed by atoms with Crippen LogP contribution in [0.1, 0.15) is 6.42 Å². The first kappa shape index (κ1) is 12.9. The molecule has 0 spiro atoms. The molecule has 0 aliphatic rings. The lowest BCUT2D eigenvalue weighted by Gasteiger charge is -2.06. The molecule has 3 nitrogen and oxygen atoms in total. The Morgan fingerprint density at radius 1 is 1.67 bits per heavy atom. The van der Waals surface area contributed by atoms with Crippen LogP contribution >= 0.6 is 27.5 Å². The Labute approximate surface area is 105 Å². The lowest BCUT2D eigenvalue weighted by Crippen LogP contribution is -2.07. The van der Waals surface area contributed by atoms with Crippen LogP contribution in [0.4, 0.5) is 5.82 Å². The fraction of sp³-hybridized carbons (Fsp3) is 0.444. The molecule has 1 rings (SSSR count). The monoisotopic (exact) mass is 310 g/mol. The van der Waals surface area contributed by atoms with Gasteiger partial charge < -0.3 is 5.32 Å². The van der Waals surface area contributed by atoms with Crippen LogP contribution in [0.2, 0.25) is 5.02 Å². The summed E-state index contributed by atoms with van der Waals surface area (Å²) in [6.45, 7) is 0.757. The third-order valence-electron chi connectivity index (χ3n) is 1.71. The van der Waals surface area contributed by atoms with E-state index >= 15 is 0 Å². The molecule has 0 fully saturated rings. The van der Waals surface area contributed by atoms with Gasteiger partial charge >= 0.3 is 0 Å². The van der Waals surface area contributed by atoms with Gasteiger partial charge in [-0.25, -0.2) is 4.98 Å². The lowest BCUT2D eigenvalue weighted by molar-refractivity contribution is 0.685. The number of nitrogens with one attached hydrogen (secondary N) is 1. The first-order chi connectivity index (χ1) is 7.09. The summed E-state index contributed by atoms with van der Waals surface area (Å²) in [5.74, 6) is 1.47. The van der Waals surface area contributed by atoms with Gasteiger partial charge in [0.25, 0.3) is 0 Å². The molecule has 0 saturated carbocycles. The highest BCUT2D eigenvalue weighted by Crippen LogP contribution is 2.22. The Morgan fingerprint density at radius 2 is 2.40 bits per heavy atom. The van der Waals surface area contributed by atoms with E-state index in [1.54, 1.807) is 18.5 Å². The van der Waals surface area contributed by atoms with Crippen LogP contribution in [0.15, 0.2) is 16.7 Å². The van der Waals surface area contributed by atoms with E-state index in [1.165, 1.54) is 0 Å². The Bertz CT molecular complexity index is 362. The lowest BCUT2D eigenvalue weighted by atomic mass is 10.4. The predicted octanol–water partition coefficient (Wildman–Crippen LogP) is 2.68. The molecule has 1 heterocycles. The van der Waals surface area contributed by atoms with Gasteiger partial charge in [0.05, 0.1) is 9.50 Å². The first-order valence-corrected chi connectivity index (χ1v) is 7.34. The highest BCUT2D eigenvalue weighted by molar-refractivity contribution is 9.10. The molecule has 0 radical (unpaired) electrons. The Balaban J connectivity index is 2.40. The molecule has 0 aromatic carbocycles. The summed E-state index contributed by atoms with van der Waals surface area (Å²) in [5.41, 5.74) is 0. The molecular weight excluding hydrogens is 300 g/mol. The standard InChI is InChI=1S/C9H12BrClN2OS/c1-15(14)4-2-3-12-9-8(10)5-7(11)6-13-9/h5-6H,2-4H2,1H3,(H,12,13). The number of rotatable bonds is 5.